The average molecular weight is 281 g/mol. The van der Waals surface area contributed by atoms with Crippen molar-refractivity contribution < 1.29 is 4.79 Å². The second-order valence-electron chi connectivity index (χ2n) is 5.37. The number of aliphatic imine (C=N–C) groups is 1. The highest BCUT2D eigenvalue weighted by Gasteiger charge is 2.21. The van der Waals surface area contributed by atoms with Gasteiger partial charge in [-0.15, -0.1) is 0 Å². The third kappa shape index (κ3) is 4.33. The first-order valence-electron chi connectivity index (χ1n) is 7.28. The van der Waals surface area contributed by atoms with E-state index < -0.39 is 0 Å². The van der Waals surface area contributed by atoms with Crippen LogP contribution >= 0.6 is 0 Å². The van der Waals surface area contributed by atoms with E-state index in [1.54, 1.807) is 6.21 Å². The van der Waals surface area contributed by atoms with Gasteiger partial charge in [-0.2, -0.15) is 5.26 Å². The van der Waals surface area contributed by atoms with Gasteiger partial charge in [-0.1, -0.05) is 30.4 Å². The van der Waals surface area contributed by atoms with E-state index in [2.05, 4.69) is 41.2 Å². The van der Waals surface area contributed by atoms with Crippen molar-refractivity contribution in [3.05, 3.63) is 23.4 Å². The highest BCUT2D eigenvalue weighted by molar-refractivity contribution is 5.98. The van der Waals surface area contributed by atoms with Crippen molar-refractivity contribution in [2.24, 2.45) is 10.9 Å². The van der Waals surface area contributed by atoms with Crippen LogP contribution in [0.1, 0.15) is 39.0 Å². The Morgan fingerprint density at radius 2 is 2.52 bits per heavy atom. The fourth-order valence-electron chi connectivity index (χ4n) is 2.52. The molecule has 2 rings (SSSR count). The zero-order valence-electron chi connectivity index (χ0n) is 12.2. The Bertz CT molecular complexity index is 596. The summed E-state index contributed by atoms with van der Waals surface area (Å²) in [7, 11) is 0. The molecular weight excluding hydrogens is 262 g/mol. The number of nitriles is 1. The number of nitrogens with zero attached hydrogens (tertiary/aromatic N) is 2. The molecule has 0 radical (unpaired) electrons. The maximum Gasteiger partial charge on any atom is 0.261 e. The third-order valence-corrected chi connectivity index (χ3v) is 3.74. The molecule has 4 nitrogen and oxygen atoms in total. The lowest BCUT2D eigenvalue weighted by molar-refractivity contribution is -0.117. The zero-order chi connectivity index (χ0) is 15.1. The first-order valence-corrected chi connectivity index (χ1v) is 7.28. The van der Waals surface area contributed by atoms with Crippen molar-refractivity contribution in [1.82, 2.24) is 5.32 Å². The van der Waals surface area contributed by atoms with E-state index in [0.717, 1.165) is 19.3 Å². The molecule has 0 spiro atoms. The van der Waals surface area contributed by atoms with Gasteiger partial charge in [0.15, 0.2) is 0 Å². The van der Waals surface area contributed by atoms with E-state index in [1.165, 1.54) is 11.8 Å². The molecule has 0 aromatic heterocycles. The van der Waals surface area contributed by atoms with Gasteiger partial charge >= 0.3 is 0 Å². The molecule has 1 amide bonds. The fraction of sp³-hybridized carbons (Fsp3) is 0.471. The van der Waals surface area contributed by atoms with Crippen LogP contribution in [-0.4, -0.2) is 18.2 Å². The Morgan fingerprint density at radius 3 is 3.33 bits per heavy atom. The topological polar surface area (TPSA) is 65.2 Å². The van der Waals surface area contributed by atoms with Crippen molar-refractivity contribution in [2.45, 2.75) is 45.1 Å². The van der Waals surface area contributed by atoms with Crippen LogP contribution in [0.2, 0.25) is 0 Å². The highest BCUT2D eigenvalue weighted by Crippen LogP contribution is 2.26. The smallest absolute Gasteiger partial charge is 0.261 e. The molecular formula is C17H19N3O. The van der Waals surface area contributed by atoms with Crippen molar-refractivity contribution in [3.8, 4) is 17.9 Å². The molecule has 2 aliphatic rings. The largest absolute Gasteiger partial charge is 0.348 e. The van der Waals surface area contributed by atoms with Crippen molar-refractivity contribution in [2.75, 3.05) is 0 Å². The first-order chi connectivity index (χ1) is 10.2. The van der Waals surface area contributed by atoms with Crippen LogP contribution in [0.5, 0.6) is 0 Å². The van der Waals surface area contributed by atoms with E-state index >= 15 is 0 Å². The van der Waals surface area contributed by atoms with Gasteiger partial charge in [0.2, 0.25) is 0 Å². The number of hydrogen-bond acceptors (Lipinski definition) is 3. The van der Waals surface area contributed by atoms with Gasteiger partial charge in [-0.3, -0.25) is 9.79 Å². The van der Waals surface area contributed by atoms with E-state index in [-0.39, 0.29) is 17.9 Å². The Hall–Kier alpha value is -2.33. The van der Waals surface area contributed by atoms with Gasteiger partial charge < -0.3 is 5.32 Å². The van der Waals surface area contributed by atoms with E-state index in [1.807, 2.05) is 0 Å². The average Bonchev–Trinajstić information content (AvgIpc) is 2.77. The summed E-state index contributed by atoms with van der Waals surface area (Å²) in [5.74, 6) is 5.83. The van der Waals surface area contributed by atoms with Crippen LogP contribution < -0.4 is 5.32 Å². The molecule has 2 atom stereocenters. The van der Waals surface area contributed by atoms with Crippen LogP contribution in [0, 0.1) is 29.1 Å². The number of rotatable bonds is 4. The minimum Gasteiger partial charge on any atom is -0.348 e. The van der Waals surface area contributed by atoms with Gasteiger partial charge in [-0.05, 0) is 25.2 Å². The number of amides is 1. The Morgan fingerprint density at radius 1 is 1.67 bits per heavy atom. The highest BCUT2D eigenvalue weighted by atomic mass is 16.1. The molecule has 1 aliphatic carbocycles. The van der Waals surface area contributed by atoms with Gasteiger partial charge in [0.1, 0.15) is 5.57 Å². The molecule has 4 heteroatoms. The standard InChI is InChI=1S/C17H19N3O/c1-13(8-9-18)14-6-4-7-16(11-14)20-17(21)15-5-2-3-10-19-12-15/h6,10,12-13,16H,3-4,7-8,11H2,1H3,(H,20,21)/t13-,16?/m1/s1. The SMILES string of the molecule is C[C@H](CC#N)C1=CCCC(NC(=O)C2=CN=CCC#C2)C1. The van der Waals surface area contributed by atoms with Gasteiger partial charge in [0.25, 0.3) is 5.91 Å². The lowest BCUT2D eigenvalue weighted by Crippen LogP contribution is -2.37. The number of allylic oxidation sites excluding steroid dienone is 1. The van der Waals surface area contributed by atoms with E-state index in [0.29, 0.717) is 18.4 Å². The van der Waals surface area contributed by atoms with Gasteiger partial charge in [0, 0.05) is 31.3 Å². The Kier molecular flexibility index (Phi) is 5.35. The van der Waals surface area contributed by atoms with Gasteiger partial charge in [0.05, 0.1) is 6.07 Å². The summed E-state index contributed by atoms with van der Waals surface area (Å²) in [6.45, 7) is 2.06. The predicted molar refractivity (Wildman–Crippen MR) is 82.2 cm³/mol. The van der Waals surface area contributed by atoms with E-state index in [9.17, 15) is 4.79 Å². The monoisotopic (exact) mass is 281 g/mol. The van der Waals surface area contributed by atoms with Gasteiger partial charge in [-0.25, -0.2) is 0 Å². The maximum absolute atomic E-state index is 12.2. The molecule has 0 fully saturated rings. The third-order valence-electron chi connectivity index (χ3n) is 3.74. The van der Waals surface area contributed by atoms with Crippen molar-refractivity contribution in [3.63, 3.8) is 0 Å². The summed E-state index contributed by atoms with van der Waals surface area (Å²) in [4.78, 5) is 16.2. The summed E-state index contributed by atoms with van der Waals surface area (Å²) in [5.41, 5.74) is 1.69. The molecule has 1 heterocycles. The number of nitrogens with one attached hydrogen (secondary N) is 1. The molecule has 0 saturated heterocycles. The number of carbonyl (C=O) groups is 1. The second-order valence-corrected chi connectivity index (χ2v) is 5.37. The number of carbonyl (C=O) groups excluding carboxylic acids is 1. The summed E-state index contributed by atoms with van der Waals surface area (Å²) in [5, 5.41) is 11.8. The minimum absolute atomic E-state index is 0.119. The molecule has 0 saturated carbocycles. The lowest BCUT2D eigenvalue weighted by Gasteiger charge is -2.26. The van der Waals surface area contributed by atoms with Crippen LogP contribution in [0.25, 0.3) is 0 Å². The Labute approximate surface area is 125 Å². The van der Waals surface area contributed by atoms with Crippen LogP contribution in [0.3, 0.4) is 0 Å². The molecule has 1 unspecified atom stereocenters. The minimum atomic E-state index is -0.152. The van der Waals surface area contributed by atoms with Crippen LogP contribution in [-0.2, 0) is 4.79 Å². The summed E-state index contributed by atoms with van der Waals surface area (Å²) >= 11 is 0. The van der Waals surface area contributed by atoms with Crippen molar-refractivity contribution >= 4 is 12.1 Å². The quantitative estimate of drug-likeness (QED) is 0.635. The fourth-order valence-corrected chi connectivity index (χ4v) is 2.52. The predicted octanol–water partition coefficient (Wildman–Crippen LogP) is 2.49. The molecule has 108 valence electrons. The molecule has 0 bridgehead atoms. The molecule has 0 aromatic rings. The molecule has 0 aromatic carbocycles. The van der Waals surface area contributed by atoms with Crippen LogP contribution in [0.4, 0.5) is 0 Å². The maximum atomic E-state index is 12.2. The zero-order valence-corrected chi connectivity index (χ0v) is 12.2. The summed E-state index contributed by atoms with van der Waals surface area (Å²) < 4.78 is 0. The molecule has 21 heavy (non-hydrogen) atoms. The molecule has 1 aliphatic heterocycles. The first kappa shape index (κ1) is 15.1. The second kappa shape index (κ2) is 7.45. The lowest BCUT2D eigenvalue weighted by atomic mass is 9.86. The van der Waals surface area contributed by atoms with E-state index in [4.69, 9.17) is 5.26 Å². The normalized spacial score (nSPS) is 21.8. The summed E-state index contributed by atoms with van der Waals surface area (Å²) in [6.07, 6.45) is 9.22. The van der Waals surface area contributed by atoms with Crippen molar-refractivity contribution in [1.29, 1.82) is 5.26 Å². The number of hydrogen-bond donors (Lipinski definition) is 1. The summed E-state index contributed by atoms with van der Waals surface area (Å²) in [6, 6.07) is 2.33. The molecule has 1 N–H and O–H groups in total. The van der Waals surface area contributed by atoms with Crippen LogP contribution in [0.15, 0.2) is 28.4 Å². The Balaban J connectivity index is 1.95.